The van der Waals surface area contributed by atoms with Crippen molar-refractivity contribution in [3.8, 4) is 11.5 Å². The van der Waals surface area contributed by atoms with Crippen LogP contribution in [-0.4, -0.2) is 42.5 Å². The van der Waals surface area contributed by atoms with Crippen LogP contribution in [-0.2, 0) is 29.0 Å². The number of nitrogens with one attached hydrogen (secondary N) is 1. The lowest BCUT2D eigenvalue weighted by Crippen LogP contribution is -2.54. The van der Waals surface area contributed by atoms with Crippen LogP contribution >= 0.6 is 23.2 Å². The number of halogens is 2. The van der Waals surface area contributed by atoms with Gasteiger partial charge in [0.15, 0.2) is 11.5 Å². The Bertz CT molecular complexity index is 1280. The van der Waals surface area contributed by atoms with E-state index in [1.54, 1.807) is 37.3 Å². The summed E-state index contributed by atoms with van der Waals surface area (Å²) < 4.78 is 10.7. The number of carbonyl (C=O) groups is 2. The maximum atomic E-state index is 13.9. The van der Waals surface area contributed by atoms with Gasteiger partial charge in [-0.2, -0.15) is 0 Å². The third-order valence-corrected chi connectivity index (χ3v) is 6.79. The first-order chi connectivity index (χ1) is 18.5. The Balaban J connectivity index is 1.96. The Morgan fingerprint density at radius 1 is 0.897 bits per heavy atom. The van der Waals surface area contributed by atoms with Crippen molar-refractivity contribution in [2.45, 2.75) is 58.2 Å². The van der Waals surface area contributed by atoms with Crippen LogP contribution in [0.5, 0.6) is 11.5 Å². The van der Waals surface area contributed by atoms with Gasteiger partial charge in [-0.1, -0.05) is 65.7 Å². The van der Waals surface area contributed by atoms with Crippen molar-refractivity contribution in [1.29, 1.82) is 0 Å². The average Bonchev–Trinajstić information content (AvgIpc) is 2.89. The van der Waals surface area contributed by atoms with E-state index in [0.717, 1.165) is 11.1 Å². The smallest absolute Gasteiger partial charge is 0.243 e. The van der Waals surface area contributed by atoms with E-state index >= 15 is 0 Å². The molecule has 6 nitrogen and oxygen atoms in total. The van der Waals surface area contributed by atoms with Gasteiger partial charge in [0.1, 0.15) is 6.04 Å². The van der Waals surface area contributed by atoms with Crippen molar-refractivity contribution in [3.63, 3.8) is 0 Å². The summed E-state index contributed by atoms with van der Waals surface area (Å²) in [5.74, 6) is 0.823. The van der Waals surface area contributed by atoms with E-state index in [1.807, 2.05) is 69.3 Å². The molecule has 1 N–H and O–H groups in total. The first-order valence-electron chi connectivity index (χ1n) is 12.8. The number of methoxy groups -OCH3 is 2. The van der Waals surface area contributed by atoms with Crippen LogP contribution in [0.4, 0.5) is 0 Å². The van der Waals surface area contributed by atoms with Crippen molar-refractivity contribution < 1.29 is 19.1 Å². The molecule has 0 aromatic heterocycles. The third-order valence-electron chi connectivity index (χ3n) is 6.20. The van der Waals surface area contributed by atoms with Crippen molar-refractivity contribution in [2.75, 3.05) is 14.2 Å². The standard InChI is InChI=1S/C31H36Cl2N2O4/c1-31(2,3)34-30(37)26(17-21-9-7-6-8-10-21)35(20-23-13-14-24(32)19-25(23)33)29(36)16-12-22-11-15-27(38-4)28(18-22)39-5/h6-11,13-15,18-19,26H,12,16-17,20H2,1-5H3,(H,34,37)/t26-/m1/s1. The molecule has 3 aromatic carbocycles. The maximum Gasteiger partial charge on any atom is 0.243 e. The van der Waals surface area contributed by atoms with E-state index in [9.17, 15) is 9.59 Å². The number of nitrogens with zero attached hydrogens (tertiary/aromatic N) is 1. The minimum Gasteiger partial charge on any atom is -0.493 e. The van der Waals surface area contributed by atoms with Gasteiger partial charge in [0, 0.05) is 35.0 Å². The molecule has 0 fully saturated rings. The first-order valence-corrected chi connectivity index (χ1v) is 13.6. The van der Waals surface area contributed by atoms with Gasteiger partial charge >= 0.3 is 0 Å². The Morgan fingerprint density at radius 3 is 2.21 bits per heavy atom. The summed E-state index contributed by atoms with van der Waals surface area (Å²) in [6.45, 7) is 5.92. The second-order valence-corrected chi connectivity index (χ2v) is 11.2. The molecule has 0 unspecified atom stereocenters. The number of ether oxygens (including phenoxy) is 2. The summed E-state index contributed by atoms with van der Waals surface area (Å²) >= 11 is 12.6. The van der Waals surface area contributed by atoms with Gasteiger partial charge in [-0.05, 0) is 68.1 Å². The molecule has 0 aliphatic carbocycles. The van der Waals surface area contributed by atoms with E-state index in [1.165, 1.54) is 0 Å². The zero-order valence-corrected chi connectivity index (χ0v) is 24.6. The third kappa shape index (κ3) is 8.91. The van der Waals surface area contributed by atoms with Crippen LogP contribution in [0.3, 0.4) is 0 Å². The molecule has 39 heavy (non-hydrogen) atoms. The molecular weight excluding hydrogens is 535 g/mol. The fourth-order valence-corrected chi connectivity index (χ4v) is 4.74. The van der Waals surface area contributed by atoms with E-state index < -0.39 is 11.6 Å². The molecule has 3 aromatic rings. The predicted molar refractivity (Wildman–Crippen MR) is 157 cm³/mol. The Morgan fingerprint density at radius 2 is 1.59 bits per heavy atom. The van der Waals surface area contributed by atoms with Crippen molar-refractivity contribution in [3.05, 3.63) is 93.5 Å². The van der Waals surface area contributed by atoms with E-state index in [-0.39, 0.29) is 24.8 Å². The maximum absolute atomic E-state index is 13.9. The Kier molecular flexibility index (Phi) is 10.7. The van der Waals surface area contributed by atoms with Gasteiger partial charge < -0.3 is 19.7 Å². The fourth-order valence-electron chi connectivity index (χ4n) is 4.27. The molecule has 0 spiro atoms. The topological polar surface area (TPSA) is 67.9 Å². The molecule has 0 saturated carbocycles. The summed E-state index contributed by atoms with van der Waals surface area (Å²) in [7, 11) is 3.16. The van der Waals surface area contributed by atoms with Crippen molar-refractivity contribution >= 4 is 35.0 Å². The fraction of sp³-hybridized carbons (Fsp3) is 0.355. The van der Waals surface area contributed by atoms with Crippen LogP contribution in [0.15, 0.2) is 66.7 Å². The molecular formula is C31H36Cl2N2O4. The number of aryl methyl sites for hydroxylation is 1. The minimum atomic E-state index is -0.753. The average molecular weight is 572 g/mol. The molecule has 0 saturated heterocycles. The van der Waals surface area contributed by atoms with Crippen LogP contribution in [0, 0.1) is 0 Å². The van der Waals surface area contributed by atoms with Crippen LogP contribution < -0.4 is 14.8 Å². The van der Waals surface area contributed by atoms with Gasteiger partial charge in [-0.15, -0.1) is 0 Å². The summed E-state index contributed by atoms with van der Waals surface area (Å²) in [4.78, 5) is 29.2. The van der Waals surface area contributed by atoms with Crippen LogP contribution in [0.25, 0.3) is 0 Å². The highest BCUT2D eigenvalue weighted by atomic mass is 35.5. The predicted octanol–water partition coefficient (Wildman–Crippen LogP) is 6.50. The molecule has 208 valence electrons. The van der Waals surface area contributed by atoms with Gasteiger partial charge in [-0.25, -0.2) is 0 Å². The Hall–Kier alpha value is -3.22. The summed E-state index contributed by atoms with van der Waals surface area (Å²) in [6, 6.07) is 19.7. The number of amides is 2. The highest BCUT2D eigenvalue weighted by Crippen LogP contribution is 2.29. The first kappa shape index (κ1) is 30.3. The SMILES string of the molecule is COc1ccc(CCC(=O)N(Cc2ccc(Cl)cc2Cl)[C@H](Cc2ccccc2)C(=O)NC(C)(C)C)cc1OC. The number of hydrogen-bond donors (Lipinski definition) is 1. The zero-order valence-electron chi connectivity index (χ0n) is 23.1. The molecule has 0 aliphatic rings. The van der Waals surface area contributed by atoms with Gasteiger partial charge in [0.2, 0.25) is 11.8 Å². The second-order valence-electron chi connectivity index (χ2n) is 10.4. The number of rotatable bonds is 11. The lowest BCUT2D eigenvalue weighted by molar-refractivity contribution is -0.141. The normalized spacial score (nSPS) is 12.0. The largest absolute Gasteiger partial charge is 0.493 e. The molecule has 2 amide bonds. The summed E-state index contributed by atoms with van der Waals surface area (Å²) in [5.41, 5.74) is 2.11. The van der Waals surface area contributed by atoms with Crippen molar-refractivity contribution in [1.82, 2.24) is 10.2 Å². The lowest BCUT2D eigenvalue weighted by atomic mass is 9.99. The molecule has 3 rings (SSSR count). The van der Waals surface area contributed by atoms with Crippen molar-refractivity contribution in [2.24, 2.45) is 0 Å². The highest BCUT2D eigenvalue weighted by Gasteiger charge is 2.32. The summed E-state index contributed by atoms with van der Waals surface area (Å²) in [5, 5.41) is 4.01. The van der Waals surface area contributed by atoms with Gasteiger partial charge in [0.25, 0.3) is 0 Å². The number of benzene rings is 3. The molecule has 0 heterocycles. The zero-order chi connectivity index (χ0) is 28.6. The highest BCUT2D eigenvalue weighted by molar-refractivity contribution is 6.35. The quantitative estimate of drug-likeness (QED) is 0.286. The number of hydrogen-bond acceptors (Lipinski definition) is 4. The molecule has 0 aliphatic heterocycles. The minimum absolute atomic E-state index is 0.163. The molecule has 1 atom stereocenters. The lowest BCUT2D eigenvalue weighted by Gasteiger charge is -2.34. The monoisotopic (exact) mass is 570 g/mol. The molecule has 0 bridgehead atoms. The van der Waals surface area contributed by atoms with Crippen LogP contribution in [0.1, 0.15) is 43.9 Å². The Labute approximate surface area is 241 Å². The van der Waals surface area contributed by atoms with E-state index in [2.05, 4.69) is 5.32 Å². The van der Waals surface area contributed by atoms with Crippen LogP contribution in [0.2, 0.25) is 10.0 Å². The van der Waals surface area contributed by atoms with E-state index in [0.29, 0.717) is 39.9 Å². The number of carbonyl (C=O) groups excluding carboxylic acids is 2. The second kappa shape index (κ2) is 13.7. The van der Waals surface area contributed by atoms with E-state index in [4.69, 9.17) is 32.7 Å². The van der Waals surface area contributed by atoms with Gasteiger partial charge in [0.05, 0.1) is 14.2 Å². The summed E-state index contributed by atoms with van der Waals surface area (Å²) in [6.07, 6.45) is 1.01. The molecule has 0 radical (unpaired) electrons. The molecule has 8 heteroatoms. The van der Waals surface area contributed by atoms with Gasteiger partial charge in [-0.3, -0.25) is 9.59 Å².